The van der Waals surface area contributed by atoms with Gasteiger partial charge >= 0.3 is 6.18 Å². The molecule has 3 amide bonds. The quantitative estimate of drug-likeness (QED) is 0.471. The summed E-state index contributed by atoms with van der Waals surface area (Å²) < 4.78 is 46.3. The Hall–Kier alpha value is -4.19. The van der Waals surface area contributed by atoms with E-state index >= 15 is 0 Å². The number of nitrogens with zero attached hydrogens (tertiary/aromatic N) is 4. The average Bonchev–Trinajstić information content (AvgIpc) is 3.64. The Kier molecular flexibility index (Phi) is 6.57. The van der Waals surface area contributed by atoms with Crippen molar-refractivity contribution in [1.29, 1.82) is 0 Å². The van der Waals surface area contributed by atoms with Crippen LogP contribution in [0.2, 0.25) is 0 Å². The first-order chi connectivity index (χ1) is 19.1. The summed E-state index contributed by atoms with van der Waals surface area (Å²) in [5.74, 6) is -0.330. The highest BCUT2D eigenvalue weighted by molar-refractivity contribution is 6.05. The SMILES string of the molecule is O=C1CCC(N2Cc3cc(O[C@H]4CCN(Cc5cnn(-c6ccc(C(F)(F)F)cc6)c5)C4)ccc3C2=O)C(=O)N1. The number of benzene rings is 2. The molecule has 2 saturated heterocycles. The normalized spacial score (nSPS) is 21.6. The Morgan fingerprint density at radius 1 is 1.05 bits per heavy atom. The van der Waals surface area contributed by atoms with Gasteiger partial charge in [-0.1, -0.05) is 0 Å². The monoisotopic (exact) mass is 553 g/mol. The van der Waals surface area contributed by atoms with E-state index in [-0.39, 0.29) is 30.9 Å². The minimum absolute atomic E-state index is 0.0497. The van der Waals surface area contributed by atoms with Gasteiger partial charge in [0.2, 0.25) is 11.8 Å². The minimum Gasteiger partial charge on any atom is -0.489 e. The van der Waals surface area contributed by atoms with Crippen LogP contribution in [0, 0.1) is 0 Å². The van der Waals surface area contributed by atoms with Gasteiger partial charge in [-0.25, -0.2) is 4.68 Å². The van der Waals surface area contributed by atoms with Crippen LogP contribution >= 0.6 is 0 Å². The first-order valence-corrected chi connectivity index (χ1v) is 13.0. The van der Waals surface area contributed by atoms with Crippen molar-refractivity contribution in [2.75, 3.05) is 13.1 Å². The van der Waals surface area contributed by atoms with E-state index < -0.39 is 23.7 Å². The predicted octanol–water partition coefficient (Wildman–Crippen LogP) is 3.31. The molecule has 12 heteroatoms. The number of aromatic nitrogens is 2. The van der Waals surface area contributed by atoms with E-state index in [1.807, 2.05) is 12.3 Å². The molecule has 9 nitrogen and oxygen atoms in total. The van der Waals surface area contributed by atoms with Crippen molar-refractivity contribution in [2.45, 2.75) is 50.7 Å². The molecule has 3 aliphatic heterocycles. The molecule has 6 rings (SSSR count). The van der Waals surface area contributed by atoms with Crippen LogP contribution in [0.1, 0.15) is 46.3 Å². The van der Waals surface area contributed by atoms with Gasteiger partial charge < -0.3 is 9.64 Å². The number of carbonyl (C=O) groups is 3. The van der Waals surface area contributed by atoms with Crippen LogP contribution in [0.25, 0.3) is 5.69 Å². The van der Waals surface area contributed by atoms with Gasteiger partial charge in [0.25, 0.3) is 5.91 Å². The Morgan fingerprint density at radius 3 is 2.60 bits per heavy atom. The third kappa shape index (κ3) is 5.18. The number of likely N-dealkylation sites (tertiary alicyclic amines) is 1. The van der Waals surface area contributed by atoms with Gasteiger partial charge in [-0.15, -0.1) is 0 Å². The summed E-state index contributed by atoms with van der Waals surface area (Å²) in [6.07, 6.45) is 0.418. The molecule has 208 valence electrons. The number of rotatable bonds is 6. The number of amides is 3. The predicted molar refractivity (Wildman–Crippen MR) is 135 cm³/mol. The molecule has 0 aliphatic carbocycles. The Balaban J connectivity index is 1.04. The Labute approximate surface area is 227 Å². The van der Waals surface area contributed by atoms with Crippen molar-refractivity contribution in [1.82, 2.24) is 24.9 Å². The topological polar surface area (TPSA) is 96.8 Å². The van der Waals surface area contributed by atoms with Crippen molar-refractivity contribution in [3.05, 3.63) is 77.1 Å². The van der Waals surface area contributed by atoms with E-state index in [0.29, 0.717) is 36.5 Å². The molecule has 1 aromatic heterocycles. The van der Waals surface area contributed by atoms with Gasteiger partial charge in [0.15, 0.2) is 0 Å². The number of halogens is 3. The van der Waals surface area contributed by atoms with Crippen molar-refractivity contribution < 1.29 is 32.3 Å². The number of nitrogens with one attached hydrogen (secondary N) is 1. The fourth-order valence-corrected chi connectivity index (χ4v) is 5.50. The highest BCUT2D eigenvalue weighted by Gasteiger charge is 2.39. The molecular formula is C28H26F3N5O4. The van der Waals surface area contributed by atoms with Crippen LogP contribution in [0.5, 0.6) is 5.75 Å². The van der Waals surface area contributed by atoms with Crippen molar-refractivity contribution in [3.63, 3.8) is 0 Å². The van der Waals surface area contributed by atoms with E-state index in [4.69, 9.17) is 4.74 Å². The van der Waals surface area contributed by atoms with Gasteiger partial charge in [0, 0.05) is 49.9 Å². The lowest BCUT2D eigenvalue weighted by atomic mass is 10.0. The number of ether oxygens (including phenoxy) is 1. The molecule has 0 saturated carbocycles. The van der Waals surface area contributed by atoms with Crippen LogP contribution in [0.15, 0.2) is 54.9 Å². The lowest BCUT2D eigenvalue weighted by Gasteiger charge is -2.29. The first-order valence-electron chi connectivity index (χ1n) is 13.0. The summed E-state index contributed by atoms with van der Waals surface area (Å²) >= 11 is 0. The lowest BCUT2D eigenvalue weighted by molar-refractivity contribution is -0.138. The Morgan fingerprint density at radius 2 is 1.85 bits per heavy atom. The summed E-state index contributed by atoms with van der Waals surface area (Å²) in [5.41, 5.74) is 2.11. The lowest BCUT2D eigenvalue weighted by Crippen LogP contribution is -2.52. The molecule has 3 aliphatic rings. The number of piperidine rings is 1. The molecule has 0 spiro atoms. The van der Waals surface area contributed by atoms with E-state index in [9.17, 15) is 27.6 Å². The third-order valence-electron chi connectivity index (χ3n) is 7.53. The second kappa shape index (κ2) is 10.1. The number of hydrogen-bond donors (Lipinski definition) is 1. The Bertz CT molecular complexity index is 1470. The van der Waals surface area contributed by atoms with Crippen molar-refractivity contribution in [3.8, 4) is 11.4 Å². The number of hydrogen-bond acceptors (Lipinski definition) is 6. The molecule has 1 N–H and O–H groups in total. The van der Waals surface area contributed by atoms with Gasteiger partial charge in [0.1, 0.15) is 17.9 Å². The maximum atomic E-state index is 12.9. The zero-order valence-corrected chi connectivity index (χ0v) is 21.4. The molecule has 3 aromatic rings. The molecule has 0 bridgehead atoms. The van der Waals surface area contributed by atoms with Crippen LogP contribution in [0.4, 0.5) is 13.2 Å². The fourth-order valence-electron chi connectivity index (χ4n) is 5.50. The fraction of sp³-hybridized carbons (Fsp3) is 0.357. The highest BCUT2D eigenvalue weighted by Crippen LogP contribution is 2.32. The number of imide groups is 1. The van der Waals surface area contributed by atoms with Crippen LogP contribution in [-0.4, -0.2) is 62.5 Å². The zero-order valence-electron chi connectivity index (χ0n) is 21.4. The van der Waals surface area contributed by atoms with Crippen molar-refractivity contribution in [2.24, 2.45) is 0 Å². The summed E-state index contributed by atoms with van der Waals surface area (Å²) in [6, 6.07) is 9.55. The zero-order chi connectivity index (χ0) is 28.0. The summed E-state index contributed by atoms with van der Waals surface area (Å²) in [4.78, 5) is 40.4. The molecule has 1 unspecified atom stereocenters. The average molecular weight is 554 g/mol. The highest BCUT2D eigenvalue weighted by atomic mass is 19.4. The van der Waals surface area contributed by atoms with E-state index in [2.05, 4.69) is 15.3 Å². The molecule has 2 fully saturated rings. The van der Waals surface area contributed by atoms with Gasteiger partial charge in [-0.05, 0) is 60.9 Å². The van der Waals surface area contributed by atoms with Gasteiger partial charge in [0.05, 0.1) is 17.4 Å². The van der Waals surface area contributed by atoms with Gasteiger partial charge in [-0.2, -0.15) is 18.3 Å². The summed E-state index contributed by atoms with van der Waals surface area (Å²) in [5, 5.41) is 6.61. The van der Waals surface area contributed by atoms with E-state index in [1.165, 1.54) is 17.0 Å². The number of fused-ring (bicyclic) bond motifs is 1. The standard InChI is InChI=1S/C28H26F3N5O4/c29-28(30,31)19-1-3-20(4-2-19)36-14-17(12-32-36)13-34-10-9-22(16-34)40-21-5-6-23-18(11-21)15-35(27(23)39)24-7-8-25(37)33-26(24)38/h1-6,11-12,14,22,24H,7-10,13,15-16H2,(H,33,37,38)/t22-,24?/m0/s1. The molecule has 2 aromatic carbocycles. The first kappa shape index (κ1) is 26.1. The molecule has 2 atom stereocenters. The van der Waals surface area contributed by atoms with Crippen LogP contribution in [-0.2, 0) is 28.9 Å². The largest absolute Gasteiger partial charge is 0.489 e. The molecule has 4 heterocycles. The van der Waals surface area contributed by atoms with Gasteiger partial charge in [-0.3, -0.25) is 24.6 Å². The summed E-state index contributed by atoms with van der Waals surface area (Å²) in [7, 11) is 0. The molecule has 0 radical (unpaired) electrons. The second-order valence-corrected chi connectivity index (χ2v) is 10.3. The molecular weight excluding hydrogens is 527 g/mol. The van der Waals surface area contributed by atoms with E-state index in [1.54, 1.807) is 23.0 Å². The molecule has 40 heavy (non-hydrogen) atoms. The minimum atomic E-state index is -4.38. The van der Waals surface area contributed by atoms with E-state index in [0.717, 1.165) is 36.2 Å². The van der Waals surface area contributed by atoms with Crippen LogP contribution < -0.4 is 10.1 Å². The van der Waals surface area contributed by atoms with Crippen LogP contribution in [0.3, 0.4) is 0 Å². The summed E-state index contributed by atoms with van der Waals surface area (Å²) in [6.45, 7) is 2.41. The third-order valence-corrected chi connectivity index (χ3v) is 7.53. The van der Waals surface area contributed by atoms with Crippen molar-refractivity contribution >= 4 is 17.7 Å². The maximum absolute atomic E-state index is 12.9. The number of carbonyl (C=O) groups excluding carboxylic acids is 3. The maximum Gasteiger partial charge on any atom is 0.416 e. The second-order valence-electron chi connectivity index (χ2n) is 10.3. The smallest absolute Gasteiger partial charge is 0.416 e. The number of alkyl halides is 3.